The second-order valence-electron chi connectivity index (χ2n) is 8.70. The van der Waals surface area contributed by atoms with Gasteiger partial charge in [-0.2, -0.15) is 0 Å². The fourth-order valence-corrected chi connectivity index (χ4v) is 4.56. The lowest BCUT2D eigenvalue weighted by Crippen LogP contribution is -2.47. The Bertz CT molecular complexity index is 1320. The Morgan fingerprint density at radius 1 is 0.857 bits per heavy atom. The maximum atomic E-state index is 13.1. The zero-order chi connectivity index (χ0) is 24.2. The zero-order valence-electron chi connectivity index (χ0n) is 20.0. The van der Waals surface area contributed by atoms with E-state index >= 15 is 0 Å². The van der Waals surface area contributed by atoms with Gasteiger partial charge in [0.15, 0.2) is 11.5 Å². The minimum atomic E-state index is -0.223. The van der Waals surface area contributed by atoms with Gasteiger partial charge in [0.2, 0.25) is 0 Å². The molecule has 0 spiro atoms. The van der Waals surface area contributed by atoms with Gasteiger partial charge in [0.1, 0.15) is 5.75 Å². The lowest BCUT2D eigenvalue weighted by atomic mass is 10.1. The van der Waals surface area contributed by atoms with Gasteiger partial charge in [0.05, 0.1) is 13.2 Å². The summed E-state index contributed by atoms with van der Waals surface area (Å²) in [7, 11) is 1.69. The van der Waals surface area contributed by atoms with E-state index in [9.17, 15) is 4.79 Å². The summed E-state index contributed by atoms with van der Waals surface area (Å²) >= 11 is 0. The highest BCUT2D eigenvalue weighted by atomic mass is 16.5. The SMILES string of the molecule is COc1cccc(N2CCN(c3nnc(C(=O)NC(C)c4ccccc4)c4ccccc34)CC2)c1. The van der Waals surface area contributed by atoms with Crippen LogP contribution in [-0.4, -0.2) is 49.4 Å². The summed E-state index contributed by atoms with van der Waals surface area (Å²) in [6.45, 7) is 5.32. The number of benzene rings is 3. The van der Waals surface area contributed by atoms with Crippen molar-refractivity contribution in [1.29, 1.82) is 0 Å². The predicted octanol–water partition coefficient (Wildman–Crippen LogP) is 4.46. The summed E-state index contributed by atoms with van der Waals surface area (Å²) in [5.74, 6) is 1.45. The molecule has 1 atom stereocenters. The van der Waals surface area contributed by atoms with Crippen LogP contribution in [0.4, 0.5) is 11.5 Å². The lowest BCUT2D eigenvalue weighted by molar-refractivity contribution is 0.0935. The normalized spacial score (nSPS) is 14.6. The number of piperazine rings is 1. The van der Waals surface area contributed by atoms with Crippen molar-refractivity contribution in [2.75, 3.05) is 43.1 Å². The van der Waals surface area contributed by atoms with Crippen molar-refractivity contribution in [1.82, 2.24) is 15.5 Å². The molecule has 5 rings (SSSR count). The number of carbonyl (C=O) groups is 1. The number of hydrogen-bond acceptors (Lipinski definition) is 6. The van der Waals surface area contributed by atoms with E-state index in [2.05, 4.69) is 37.4 Å². The highest BCUT2D eigenvalue weighted by Crippen LogP contribution is 2.28. The second-order valence-corrected chi connectivity index (χ2v) is 8.70. The first-order valence-corrected chi connectivity index (χ1v) is 11.9. The molecule has 1 aromatic heterocycles. The predicted molar refractivity (Wildman–Crippen MR) is 139 cm³/mol. The van der Waals surface area contributed by atoms with Crippen LogP contribution in [0.5, 0.6) is 5.75 Å². The highest BCUT2D eigenvalue weighted by Gasteiger charge is 2.23. The molecule has 1 aliphatic rings. The van der Waals surface area contributed by atoms with Crippen molar-refractivity contribution < 1.29 is 9.53 Å². The van der Waals surface area contributed by atoms with Gasteiger partial charge in [0.25, 0.3) is 5.91 Å². The summed E-state index contributed by atoms with van der Waals surface area (Å²) in [5, 5.41) is 13.7. The van der Waals surface area contributed by atoms with Crippen LogP contribution in [0.15, 0.2) is 78.9 Å². The molecule has 1 unspecified atom stereocenters. The van der Waals surface area contributed by atoms with Crippen LogP contribution in [0, 0.1) is 0 Å². The third kappa shape index (κ3) is 4.75. The summed E-state index contributed by atoms with van der Waals surface area (Å²) < 4.78 is 5.38. The van der Waals surface area contributed by atoms with Crippen molar-refractivity contribution in [2.24, 2.45) is 0 Å². The smallest absolute Gasteiger partial charge is 0.272 e. The van der Waals surface area contributed by atoms with Crippen LogP contribution in [-0.2, 0) is 0 Å². The average molecular weight is 468 g/mol. The summed E-state index contributed by atoms with van der Waals surface area (Å²) in [6, 6.07) is 25.8. The molecule has 3 aromatic carbocycles. The molecule has 178 valence electrons. The zero-order valence-corrected chi connectivity index (χ0v) is 20.0. The topological polar surface area (TPSA) is 70.6 Å². The molecule has 1 saturated heterocycles. The largest absolute Gasteiger partial charge is 0.497 e. The van der Waals surface area contributed by atoms with Gasteiger partial charge < -0.3 is 19.9 Å². The molecule has 0 bridgehead atoms. The molecule has 2 heterocycles. The second kappa shape index (κ2) is 10.0. The van der Waals surface area contributed by atoms with E-state index in [4.69, 9.17) is 4.74 Å². The van der Waals surface area contributed by atoms with Crippen LogP contribution in [0.25, 0.3) is 10.8 Å². The Hall–Kier alpha value is -4.13. The maximum Gasteiger partial charge on any atom is 0.272 e. The molecule has 1 amide bonds. The molecule has 1 aliphatic heterocycles. The van der Waals surface area contributed by atoms with Gasteiger partial charge in [-0.15, -0.1) is 10.2 Å². The minimum absolute atomic E-state index is 0.131. The van der Waals surface area contributed by atoms with E-state index in [0.717, 1.165) is 59.8 Å². The first-order chi connectivity index (χ1) is 17.1. The number of amides is 1. The number of fused-ring (bicyclic) bond motifs is 1. The molecule has 0 radical (unpaired) electrons. The Labute approximate surface area is 205 Å². The van der Waals surface area contributed by atoms with E-state index in [1.165, 1.54) is 0 Å². The molecule has 4 aromatic rings. The first-order valence-electron chi connectivity index (χ1n) is 11.9. The molecule has 0 saturated carbocycles. The Kier molecular flexibility index (Phi) is 6.48. The number of nitrogens with zero attached hydrogens (tertiary/aromatic N) is 4. The average Bonchev–Trinajstić information content (AvgIpc) is 2.93. The van der Waals surface area contributed by atoms with E-state index in [1.54, 1.807) is 7.11 Å². The first kappa shape index (κ1) is 22.7. The van der Waals surface area contributed by atoms with Gasteiger partial charge in [0, 0.05) is 48.7 Å². The van der Waals surface area contributed by atoms with Crippen LogP contribution < -0.4 is 19.9 Å². The third-order valence-corrected chi connectivity index (χ3v) is 6.53. The van der Waals surface area contributed by atoms with Gasteiger partial charge in [-0.1, -0.05) is 60.7 Å². The Morgan fingerprint density at radius 2 is 1.54 bits per heavy atom. The maximum absolute atomic E-state index is 13.1. The Morgan fingerprint density at radius 3 is 2.29 bits per heavy atom. The highest BCUT2D eigenvalue weighted by molar-refractivity contribution is 6.07. The number of hydrogen-bond donors (Lipinski definition) is 1. The standard InChI is InChI=1S/C28H29N5O2/c1-20(21-9-4-3-5-10-21)29-28(34)26-24-13-6-7-14-25(24)27(31-30-26)33-17-15-32(16-18-33)22-11-8-12-23(19-22)35-2/h3-14,19-20H,15-18H2,1-2H3,(H,29,34). The van der Waals surface area contributed by atoms with Crippen molar-refractivity contribution in [3.63, 3.8) is 0 Å². The van der Waals surface area contributed by atoms with Gasteiger partial charge in [-0.3, -0.25) is 4.79 Å². The van der Waals surface area contributed by atoms with Gasteiger partial charge in [-0.05, 0) is 24.6 Å². The van der Waals surface area contributed by atoms with Crippen LogP contribution in [0.1, 0.15) is 29.0 Å². The monoisotopic (exact) mass is 467 g/mol. The Balaban J connectivity index is 1.35. The lowest BCUT2D eigenvalue weighted by Gasteiger charge is -2.37. The number of aromatic nitrogens is 2. The minimum Gasteiger partial charge on any atom is -0.497 e. The number of methoxy groups -OCH3 is 1. The van der Waals surface area contributed by atoms with Crippen LogP contribution in [0.2, 0.25) is 0 Å². The number of nitrogens with one attached hydrogen (secondary N) is 1. The number of carbonyl (C=O) groups excluding carboxylic acids is 1. The molecule has 1 fully saturated rings. The number of ether oxygens (including phenoxy) is 1. The van der Waals surface area contributed by atoms with Crippen LogP contribution >= 0.6 is 0 Å². The summed E-state index contributed by atoms with van der Waals surface area (Å²) in [4.78, 5) is 17.7. The molecule has 1 N–H and O–H groups in total. The molecule has 35 heavy (non-hydrogen) atoms. The summed E-state index contributed by atoms with van der Waals surface area (Å²) in [6.07, 6.45) is 0. The number of anilines is 2. The quantitative estimate of drug-likeness (QED) is 0.452. The summed E-state index contributed by atoms with van der Waals surface area (Å²) in [5.41, 5.74) is 2.55. The van der Waals surface area contributed by atoms with Gasteiger partial charge in [-0.25, -0.2) is 0 Å². The van der Waals surface area contributed by atoms with E-state index in [1.807, 2.05) is 73.7 Å². The van der Waals surface area contributed by atoms with E-state index < -0.39 is 0 Å². The fourth-order valence-electron chi connectivity index (χ4n) is 4.56. The van der Waals surface area contributed by atoms with Crippen LogP contribution in [0.3, 0.4) is 0 Å². The van der Waals surface area contributed by atoms with Gasteiger partial charge >= 0.3 is 0 Å². The van der Waals surface area contributed by atoms with E-state index in [-0.39, 0.29) is 11.9 Å². The molecular formula is C28H29N5O2. The van der Waals surface area contributed by atoms with Crippen molar-refractivity contribution in [3.8, 4) is 5.75 Å². The third-order valence-electron chi connectivity index (χ3n) is 6.53. The van der Waals surface area contributed by atoms with Crippen molar-refractivity contribution >= 4 is 28.2 Å². The number of rotatable bonds is 6. The van der Waals surface area contributed by atoms with E-state index in [0.29, 0.717) is 5.69 Å². The molecular weight excluding hydrogens is 438 g/mol. The fraction of sp³-hybridized carbons (Fsp3) is 0.250. The molecule has 7 nitrogen and oxygen atoms in total. The van der Waals surface area contributed by atoms with Crippen molar-refractivity contribution in [2.45, 2.75) is 13.0 Å². The van der Waals surface area contributed by atoms with Crippen molar-refractivity contribution in [3.05, 3.63) is 90.1 Å². The molecule has 0 aliphatic carbocycles. The molecule has 7 heteroatoms.